The number of aromatic amines is 1. The molecule has 5 rings (SSSR count). The molecule has 1 amide bonds. The molecule has 1 N–H and O–H groups in total. The van der Waals surface area contributed by atoms with Gasteiger partial charge in [-0.15, -0.1) is 0 Å². The number of nitrogens with zero attached hydrogens (tertiary/aromatic N) is 2. The van der Waals surface area contributed by atoms with Crippen molar-refractivity contribution < 1.29 is 23.1 Å². The summed E-state index contributed by atoms with van der Waals surface area (Å²) in [6.45, 7) is 6.77. The fraction of sp³-hybridized carbons (Fsp3) is 0.250. The average molecular weight is 544 g/mol. The Morgan fingerprint density at radius 3 is 2.48 bits per heavy atom. The van der Waals surface area contributed by atoms with Gasteiger partial charge in [0, 0.05) is 53.9 Å². The summed E-state index contributed by atoms with van der Waals surface area (Å²) in [5.41, 5.74) is 4.04. The highest BCUT2D eigenvalue weighted by Crippen LogP contribution is 2.41. The number of ether oxygens (including phenoxy) is 1. The van der Waals surface area contributed by atoms with Gasteiger partial charge in [-0.3, -0.25) is 4.79 Å². The summed E-state index contributed by atoms with van der Waals surface area (Å²) in [5, 5.41) is 0.925. The molecule has 0 atom stereocenters. The van der Waals surface area contributed by atoms with Crippen LogP contribution in [0.5, 0.6) is 0 Å². The summed E-state index contributed by atoms with van der Waals surface area (Å²) < 4.78 is 32.9. The van der Waals surface area contributed by atoms with Gasteiger partial charge in [0.1, 0.15) is 0 Å². The molecular formula is C32H31F2N3O3. The van der Waals surface area contributed by atoms with E-state index in [4.69, 9.17) is 4.74 Å². The van der Waals surface area contributed by atoms with Crippen molar-refractivity contribution in [2.45, 2.75) is 32.7 Å². The molecule has 1 aromatic heterocycles. The van der Waals surface area contributed by atoms with Gasteiger partial charge in [0.05, 0.1) is 17.9 Å². The number of carbonyl (C=O) groups excluding carboxylic acids is 2. The van der Waals surface area contributed by atoms with Gasteiger partial charge >= 0.3 is 5.97 Å². The molecule has 0 aliphatic carbocycles. The maximum atomic E-state index is 14.0. The van der Waals surface area contributed by atoms with Crippen molar-refractivity contribution in [2.24, 2.45) is 0 Å². The van der Waals surface area contributed by atoms with Crippen molar-refractivity contribution in [3.05, 3.63) is 107 Å². The average Bonchev–Trinajstić information content (AvgIpc) is 3.27. The minimum absolute atomic E-state index is 0.0179. The summed E-state index contributed by atoms with van der Waals surface area (Å²) in [5.74, 6) is -3.28. The van der Waals surface area contributed by atoms with Crippen molar-refractivity contribution in [3.63, 3.8) is 0 Å². The molecule has 6 nitrogen and oxygen atoms in total. The molecule has 0 spiro atoms. The number of aromatic nitrogens is 1. The first-order chi connectivity index (χ1) is 19.1. The van der Waals surface area contributed by atoms with E-state index in [1.165, 1.54) is 22.7 Å². The van der Waals surface area contributed by atoms with Gasteiger partial charge in [-0.05, 0) is 48.4 Å². The molecule has 8 heteroatoms. The Hall–Kier alpha value is -4.46. The van der Waals surface area contributed by atoms with Crippen molar-refractivity contribution in [1.82, 2.24) is 9.88 Å². The van der Waals surface area contributed by atoms with E-state index in [1.807, 2.05) is 51.2 Å². The van der Waals surface area contributed by atoms with E-state index in [2.05, 4.69) is 28.1 Å². The van der Waals surface area contributed by atoms with E-state index in [0.717, 1.165) is 40.8 Å². The number of nitrogens with one attached hydrogen (secondary N) is 1. The highest BCUT2D eigenvalue weighted by molar-refractivity contribution is 6.18. The number of benzene rings is 3. The summed E-state index contributed by atoms with van der Waals surface area (Å²) >= 11 is 0. The number of fused-ring (bicyclic) bond motifs is 3. The number of amides is 1. The van der Waals surface area contributed by atoms with Crippen LogP contribution in [0, 0.1) is 11.6 Å². The van der Waals surface area contributed by atoms with Crippen LogP contribution in [0.3, 0.4) is 0 Å². The zero-order valence-corrected chi connectivity index (χ0v) is 22.9. The number of halogens is 2. The van der Waals surface area contributed by atoms with Gasteiger partial charge in [-0.1, -0.05) is 50.2 Å². The first-order valence-electron chi connectivity index (χ1n) is 13.2. The molecular weight excluding hydrogens is 512 g/mol. The maximum Gasteiger partial charge on any atom is 0.341 e. The summed E-state index contributed by atoms with van der Waals surface area (Å²) in [6.07, 6.45) is 1.45. The number of carbonyl (C=O) groups is 2. The number of hydrogen-bond acceptors (Lipinski definition) is 4. The van der Waals surface area contributed by atoms with Crippen LogP contribution in [-0.2, 0) is 21.5 Å². The highest BCUT2D eigenvalue weighted by atomic mass is 19.2. The zero-order valence-electron chi connectivity index (χ0n) is 22.9. The topological polar surface area (TPSA) is 65.6 Å². The third kappa shape index (κ3) is 5.09. The van der Waals surface area contributed by atoms with Crippen LogP contribution in [0.4, 0.5) is 14.5 Å². The third-order valence-corrected chi connectivity index (χ3v) is 7.20. The summed E-state index contributed by atoms with van der Waals surface area (Å²) in [7, 11) is 2.03. The zero-order chi connectivity index (χ0) is 28.6. The van der Waals surface area contributed by atoms with Crippen LogP contribution in [-0.4, -0.2) is 42.0 Å². The second-order valence-corrected chi connectivity index (χ2v) is 10.7. The van der Waals surface area contributed by atoms with Crippen molar-refractivity contribution in [2.75, 3.05) is 25.1 Å². The number of anilines is 1. The standard InChI is InChI=1S/C32H31F2N3O3/c1-5-40-31(39)24-18-37(30(38)21-11-14-25(33)26(34)15-21)19-32(2,3)28-23-13-12-22(16-27(23)35-29(24)28)36(4)17-20-9-7-6-8-10-20/h6-16,18,35H,5,17,19H2,1-4H3. The molecule has 3 aromatic carbocycles. The van der Waals surface area contributed by atoms with Crippen molar-refractivity contribution in [1.29, 1.82) is 0 Å². The number of rotatable bonds is 6. The third-order valence-electron chi connectivity index (χ3n) is 7.20. The predicted molar refractivity (Wildman–Crippen MR) is 152 cm³/mol. The Bertz CT molecular complexity index is 1630. The second kappa shape index (κ2) is 10.6. The molecule has 0 saturated carbocycles. The van der Waals surface area contributed by atoms with Gasteiger partial charge < -0.3 is 19.5 Å². The molecule has 1 aliphatic heterocycles. The lowest BCUT2D eigenvalue weighted by molar-refractivity contribution is -0.136. The lowest BCUT2D eigenvalue weighted by Crippen LogP contribution is -2.37. The fourth-order valence-corrected chi connectivity index (χ4v) is 5.34. The highest BCUT2D eigenvalue weighted by Gasteiger charge is 2.37. The quantitative estimate of drug-likeness (QED) is 0.285. The van der Waals surface area contributed by atoms with Crippen molar-refractivity contribution >= 4 is 34.0 Å². The van der Waals surface area contributed by atoms with Gasteiger partial charge in [0.25, 0.3) is 5.91 Å². The van der Waals surface area contributed by atoms with Crippen LogP contribution in [0.1, 0.15) is 48.0 Å². The second-order valence-electron chi connectivity index (χ2n) is 10.7. The van der Waals surface area contributed by atoms with Gasteiger partial charge in [0.15, 0.2) is 11.6 Å². The van der Waals surface area contributed by atoms with Gasteiger partial charge in [0.2, 0.25) is 0 Å². The Morgan fingerprint density at radius 1 is 1.02 bits per heavy atom. The largest absolute Gasteiger partial charge is 0.462 e. The van der Waals surface area contributed by atoms with E-state index in [-0.39, 0.29) is 24.3 Å². The molecule has 0 radical (unpaired) electrons. The molecule has 0 fully saturated rings. The Morgan fingerprint density at radius 2 is 1.77 bits per heavy atom. The Balaban J connectivity index is 1.59. The van der Waals surface area contributed by atoms with E-state index in [9.17, 15) is 18.4 Å². The van der Waals surface area contributed by atoms with Gasteiger partial charge in [-0.25, -0.2) is 13.6 Å². The van der Waals surface area contributed by atoms with Crippen LogP contribution in [0.15, 0.2) is 72.9 Å². The predicted octanol–water partition coefficient (Wildman–Crippen LogP) is 6.42. The minimum atomic E-state index is -1.11. The molecule has 206 valence electrons. The van der Waals surface area contributed by atoms with Crippen molar-refractivity contribution in [3.8, 4) is 0 Å². The van der Waals surface area contributed by atoms with E-state index >= 15 is 0 Å². The SMILES string of the molecule is CCOC(=O)C1=CN(C(=O)c2ccc(F)c(F)c2)CC(C)(C)c2c1[nH]c1cc(N(C)Cc3ccccc3)ccc21. The number of hydrogen-bond donors (Lipinski definition) is 1. The number of esters is 1. The number of H-pyrrole nitrogens is 1. The van der Waals surface area contributed by atoms with Crippen LogP contribution in [0.25, 0.3) is 16.5 Å². The normalized spacial score (nSPS) is 14.3. The maximum absolute atomic E-state index is 14.0. The van der Waals surface area contributed by atoms with E-state index in [1.54, 1.807) is 6.92 Å². The molecule has 0 saturated heterocycles. The fourth-order valence-electron chi connectivity index (χ4n) is 5.34. The smallest absolute Gasteiger partial charge is 0.341 e. The monoisotopic (exact) mass is 543 g/mol. The van der Waals surface area contributed by atoms with Crippen LogP contribution < -0.4 is 4.90 Å². The molecule has 1 aliphatic rings. The Kier molecular flexibility index (Phi) is 7.19. The van der Waals surface area contributed by atoms with E-state index in [0.29, 0.717) is 5.69 Å². The molecule has 2 heterocycles. The van der Waals surface area contributed by atoms with Crippen LogP contribution in [0.2, 0.25) is 0 Å². The lowest BCUT2D eigenvalue weighted by Gasteiger charge is -2.30. The molecule has 0 unspecified atom stereocenters. The minimum Gasteiger partial charge on any atom is -0.462 e. The summed E-state index contributed by atoms with van der Waals surface area (Å²) in [4.78, 5) is 33.6. The summed E-state index contributed by atoms with van der Waals surface area (Å²) in [6, 6.07) is 19.3. The van der Waals surface area contributed by atoms with Gasteiger partial charge in [-0.2, -0.15) is 0 Å². The molecule has 0 bridgehead atoms. The van der Waals surface area contributed by atoms with E-state index < -0.39 is 28.9 Å². The molecule has 40 heavy (non-hydrogen) atoms. The lowest BCUT2D eigenvalue weighted by atomic mass is 9.81. The van der Waals surface area contributed by atoms with Crippen LogP contribution >= 0.6 is 0 Å². The Labute approximate surface area is 231 Å². The molecule has 4 aromatic rings. The first-order valence-corrected chi connectivity index (χ1v) is 13.2. The first kappa shape index (κ1) is 27.1.